The summed E-state index contributed by atoms with van der Waals surface area (Å²) in [5.41, 5.74) is 3.62. The van der Waals surface area contributed by atoms with Crippen LogP contribution in [-0.2, 0) is 22.9 Å². The van der Waals surface area contributed by atoms with Crippen molar-refractivity contribution in [2.75, 3.05) is 18.9 Å². The zero-order valence-electron chi connectivity index (χ0n) is 14.9. The van der Waals surface area contributed by atoms with E-state index in [-0.39, 0.29) is 30.3 Å². The zero-order valence-corrected chi connectivity index (χ0v) is 15.8. The number of halogens is 1. The van der Waals surface area contributed by atoms with Crippen LogP contribution in [0.3, 0.4) is 0 Å². The summed E-state index contributed by atoms with van der Waals surface area (Å²) >= 11 is 0. The van der Waals surface area contributed by atoms with Crippen molar-refractivity contribution in [3.05, 3.63) is 6.33 Å². The van der Waals surface area contributed by atoms with E-state index in [1.54, 1.807) is 0 Å². The van der Waals surface area contributed by atoms with Crippen LogP contribution in [0.25, 0.3) is 11.2 Å². The fourth-order valence-electron chi connectivity index (χ4n) is 3.48. The quantitative estimate of drug-likeness (QED) is 0.708. The number of imidazole rings is 1. The van der Waals surface area contributed by atoms with E-state index in [0.717, 1.165) is 12.8 Å². The lowest BCUT2D eigenvalue weighted by atomic mass is 9.98. The van der Waals surface area contributed by atoms with Gasteiger partial charge in [-0.3, -0.25) is 18.1 Å². The molecule has 1 saturated carbocycles. The molecule has 1 aliphatic carbocycles. The molecule has 2 aromatic heterocycles. The summed E-state index contributed by atoms with van der Waals surface area (Å²) in [5, 5.41) is 9.88. The van der Waals surface area contributed by atoms with Gasteiger partial charge in [-0.15, -0.1) is 0 Å². The fraction of sp³-hybridized carbons (Fsp3) is 0.667. The summed E-state index contributed by atoms with van der Waals surface area (Å²) in [5.74, 6) is -0.273. The number of nitrogens with two attached hydrogens (primary N) is 1. The van der Waals surface area contributed by atoms with E-state index >= 15 is 4.39 Å². The highest BCUT2D eigenvalue weighted by Gasteiger charge is 2.61. The first kappa shape index (κ1) is 18.2. The lowest BCUT2D eigenvalue weighted by Gasteiger charge is -2.33. The molecule has 0 aromatic carbocycles. The van der Waals surface area contributed by atoms with Crippen molar-refractivity contribution >= 4 is 24.9 Å². The van der Waals surface area contributed by atoms with E-state index < -0.39 is 37.8 Å². The van der Waals surface area contributed by atoms with Crippen LogP contribution < -0.4 is 5.73 Å². The highest BCUT2D eigenvalue weighted by atomic mass is 31.2. The van der Waals surface area contributed by atoms with E-state index in [1.165, 1.54) is 17.8 Å². The van der Waals surface area contributed by atoms with Gasteiger partial charge in [-0.1, -0.05) is 0 Å². The monoisotopic (exact) mass is 415 g/mol. The van der Waals surface area contributed by atoms with Crippen molar-refractivity contribution in [2.24, 2.45) is 5.92 Å². The van der Waals surface area contributed by atoms with Crippen molar-refractivity contribution in [1.82, 2.24) is 19.5 Å². The van der Waals surface area contributed by atoms with Crippen LogP contribution in [0.1, 0.15) is 26.0 Å². The van der Waals surface area contributed by atoms with Gasteiger partial charge in [0.15, 0.2) is 23.1 Å². The van der Waals surface area contributed by atoms with Crippen molar-refractivity contribution in [2.45, 2.75) is 43.9 Å². The maximum atomic E-state index is 15.8. The number of phosphoric ester groups is 1. The second kappa shape index (κ2) is 6.07. The topological polar surface area (TPSA) is 144 Å². The minimum atomic E-state index is -3.87. The Morgan fingerprint density at radius 1 is 1.50 bits per heavy atom. The molecule has 4 heterocycles. The first-order valence-corrected chi connectivity index (χ1v) is 10.3. The van der Waals surface area contributed by atoms with Crippen molar-refractivity contribution in [1.29, 1.82) is 0 Å². The molecular weight excluding hydrogens is 396 g/mol. The Morgan fingerprint density at radius 2 is 2.29 bits per heavy atom. The van der Waals surface area contributed by atoms with Crippen molar-refractivity contribution in [3.8, 4) is 5.88 Å². The van der Waals surface area contributed by atoms with Gasteiger partial charge in [0, 0.05) is 0 Å². The Balaban J connectivity index is 1.45. The SMILES string of the molecule is C[C@@]1(F)[C@@H]2O[P@@](=O)(OCC3CC3)OC[C@H]2O[C@H]1n1cnc2c(O)nc(N)nc21. The molecule has 5 rings (SSSR count). The molecule has 13 heteroatoms. The molecule has 5 atom stereocenters. The third-order valence-electron chi connectivity index (χ3n) is 5.16. The normalized spacial score (nSPS) is 38.0. The van der Waals surface area contributed by atoms with Crippen LogP contribution in [0.2, 0.25) is 0 Å². The van der Waals surface area contributed by atoms with E-state index in [1.807, 2.05) is 0 Å². The van der Waals surface area contributed by atoms with Crippen LogP contribution in [0.5, 0.6) is 5.88 Å². The second-order valence-corrected chi connectivity index (χ2v) is 9.04. The molecule has 0 radical (unpaired) electrons. The number of hydrogen-bond acceptors (Lipinski definition) is 10. The maximum absolute atomic E-state index is 15.8. The lowest BCUT2D eigenvalue weighted by Crippen LogP contribution is -2.44. The number of phosphoric acid groups is 1. The van der Waals surface area contributed by atoms with Crippen LogP contribution in [0.4, 0.5) is 10.3 Å². The van der Waals surface area contributed by atoms with Gasteiger partial charge in [0.2, 0.25) is 11.8 Å². The predicted octanol–water partition coefficient (Wildman–Crippen LogP) is 1.69. The Labute approximate surface area is 158 Å². The average molecular weight is 415 g/mol. The Morgan fingerprint density at radius 3 is 3.04 bits per heavy atom. The summed E-state index contributed by atoms with van der Waals surface area (Å²) in [6.07, 6.45) is 0.0633. The highest BCUT2D eigenvalue weighted by molar-refractivity contribution is 7.48. The zero-order chi connectivity index (χ0) is 19.7. The average Bonchev–Trinajstić information content (AvgIpc) is 3.32. The molecule has 2 aliphatic heterocycles. The summed E-state index contributed by atoms with van der Waals surface area (Å²) in [6.45, 7) is 1.39. The van der Waals surface area contributed by atoms with Crippen LogP contribution in [-0.4, -0.2) is 55.7 Å². The Kier molecular flexibility index (Phi) is 3.95. The van der Waals surface area contributed by atoms with E-state index in [0.29, 0.717) is 5.92 Å². The van der Waals surface area contributed by atoms with Crippen molar-refractivity contribution < 1.29 is 32.4 Å². The van der Waals surface area contributed by atoms with E-state index in [2.05, 4.69) is 15.0 Å². The number of anilines is 1. The van der Waals surface area contributed by atoms with Crippen LogP contribution >= 0.6 is 7.82 Å². The Bertz CT molecular complexity index is 981. The number of ether oxygens (including phenoxy) is 1. The Hall–Kier alpha value is -1.85. The van der Waals surface area contributed by atoms with Gasteiger partial charge in [0.25, 0.3) is 0 Å². The number of nitrogens with zero attached hydrogens (tertiary/aromatic N) is 4. The lowest BCUT2D eigenvalue weighted by molar-refractivity contribution is -0.0709. The van der Waals surface area contributed by atoms with Gasteiger partial charge in [0.1, 0.15) is 12.2 Å². The van der Waals surface area contributed by atoms with Gasteiger partial charge < -0.3 is 15.6 Å². The molecule has 11 nitrogen and oxygen atoms in total. The first-order valence-electron chi connectivity index (χ1n) is 8.88. The van der Waals surface area contributed by atoms with E-state index in [9.17, 15) is 9.67 Å². The molecule has 28 heavy (non-hydrogen) atoms. The maximum Gasteiger partial charge on any atom is 0.475 e. The second-order valence-electron chi connectivity index (χ2n) is 7.42. The largest absolute Gasteiger partial charge is 0.492 e. The van der Waals surface area contributed by atoms with E-state index in [4.69, 9.17) is 24.0 Å². The van der Waals surface area contributed by atoms with Gasteiger partial charge in [0.05, 0.1) is 19.5 Å². The first-order chi connectivity index (χ1) is 13.3. The molecule has 3 aliphatic rings. The number of hydrogen-bond donors (Lipinski definition) is 2. The smallest absolute Gasteiger partial charge is 0.475 e. The summed E-state index contributed by atoms with van der Waals surface area (Å²) in [4.78, 5) is 11.6. The highest BCUT2D eigenvalue weighted by Crippen LogP contribution is 2.60. The molecular formula is C15H19FN5O6P. The molecule has 2 aromatic rings. The molecule has 2 saturated heterocycles. The minimum Gasteiger partial charge on any atom is -0.492 e. The molecule has 152 valence electrons. The molecule has 0 amide bonds. The number of fused-ring (bicyclic) bond motifs is 2. The predicted molar refractivity (Wildman–Crippen MR) is 91.9 cm³/mol. The minimum absolute atomic E-state index is 0.0547. The summed E-state index contributed by atoms with van der Waals surface area (Å²) in [6, 6.07) is 0. The number of aromatic nitrogens is 4. The third kappa shape index (κ3) is 2.87. The molecule has 0 spiro atoms. The number of aromatic hydroxyl groups is 1. The molecule has 0 unspecified atom stereocenters. The van der Waals surface area contributed by atoms with Crippen LogP contribution in [0, 0.1) is 5.92 Å². The van der Waals surface area contributed by atoms with Crippen LogP contribution in [0.15, 0.2) is 6.33 Å². The standard InChI is InChI=1S/C15H19FN5O6P/c1-15(16)10-8(5-25-28(23,27-10)24-4-7-2-3-7)26-13(15)21-6-18-9-11(21)19-14(17)20-12(9)22/h6-8,10,13H,2-5H2,1H3,(H3,17,19,20,22)/t8-,10-,13-,15-,28+/m1/s1. The number of nitrogen functional groups attached to an aromatic ring is 1. The van der Waals surface area contributed by atoms with Gasteiger partial charge in [-0.05, 0) is 25.7 Å². The van der Waals surface area contributed by atoms with Gasteiger partial charge >= 0.3 is 7.82 Å². The molecule has 3 N–H and O–H groups in total. The fourth-order valence-corrected chi connectivity index (χ4v) is 5.02. The molecule has 0 bridgehead atoms. The number of rotatable bonds is 4. The molecule has 3 fully saturated rings. The number of alkyl halides is 1. The third-order valence-corrected chi connectivity index (χ3v) is 6.57. The van der Waals surface area contributed by atoms with Gasteiger partial charge in [-0.25, -0.2) is 13.9 Å². The summed E-state index contributed by atoms with van der Waals surface area (Å²) < 4.78 is 51.6. The summed E-state index contributed by atoms with van der Waals surface area (Å²) in [7, 11) is -3.87. The van der Waals surface area contributed by atoms with Crippen molar-refractivity contribution in [3.63, 3.8) is 0 Å². The van der Waals surface area contributed by atoms with Gasteiger partial charge in [-0.2, -0.15) is 9.97 Å².